The monoisotopic (exact) mass is 368 g/mol. The summed E-state index contributed by atoms with van der Waals surface area (Å²) in [6, 6.07) is 12.3. The third-order valence-electron chi connectivity index (χ3n) is 4.27. The van der Waals surface area contributed by atoms with Crippen molar-refractivity contribution in [3.63, 3.8) is 0 Å². The Labute approximate surface area is 160 Å². The number of aromatic hydroxyl groups is 1. The summed E-state index contributed by atoms with van der Waals surface area (Å²) in [7, 11) is 0. The number of carbonyl (C=O) groups excluding carboxylic acids is 2. The first-order valence-corrected chi connectivity index (χ1v) is 9.17. The molecular formula is C22H28N2O3. The summed E-state index contributed by atoms with van der Waals surface area (Å²) in [5.41, 5.74) is 3.10. The number of aldehydes is 1. The lowest BCUT2D eigenvalue weighted by Gasteiger charge is -2.20. The average molecular weight is 368 g/mol. The average Bonchev–Trinajstić information content (AvgIpc) is 2.63. The highest BCUT2D eigenvalue weighted by atomic mass is 16.3. The molecule has 3 N–H and O–H groups in total. The van der Waals surface area contributed by atoms with Crippen LogP contribution < -0.4 is 10.6 Å². The second kappa shape index (κ2) is 9.33. The van der Waals surface area contributed by atoms with Crippen LogP contribution in [0, 0.1) is 0 Å². The van der Waals surface area contributed by atoms with Gasteiger partial charge in [0.25, 0.3) is 5.91 Å². The highest BCUT2D eigenvalue weighted by molar-refractivity contribution is 5.95. The van der Waals surface area contributed by atoms with Gasteiger partial charge in [-0.3, -0.25) is 9.59 Å². The number of benzene rings is 2. The van der Waals surface area contributed by atoms with Crippen LogP contribution in [0.1, 0.15) is 59.0 Å². The summed E-state index contributed by atoms with van der Waals surface area (Å²) in [5.74, 6) is 0.102. The lowest BCUT2D eigenvalue weighted by Crippen LogP contribution is -2.27. The highest BCUT2D eigenvalue weighted by Crippen LogP contribution is 2.27. The van der Waals surface area contributed by atoms with E-state index in [0.717, 1.165) is 30.4 Å². The summed E-state index contributed by atoms with van der Waals surface area (Å²) in [5, 5.41) is 16.1. The fourth-order valence-corrected chi connectivity index (χ4v) is 2.71. The minimum absolute atomic E-state index is 0.0150. The van der Waals surface area contributed by atoms with E-state index in [1.807, 2.05) is 0 Å². The molecule has 144 valence electrons. The smallest absolute Gasteiger partial charge is 0.251 e. The first-order chi connectivity index (χ1) is 12.8. The van der Waals surface area contributed by atoms with Gasteiger partial charge < -0.3 is 15.7 Å². The third-order valence-corrected chi connectivity index (χ3v) is 4.27. The molecule has 5 nitrogen and oxygen atoms in total. The summed E-state index contributed by atoms with van der Waals surface area (Å²) >= 11 is 0. The van der Waals surface area contributed by atoms with Crippen LogP contribution in [0.25, 0.3) is 0 Å². The van der Waals surface area contributed by atoms with Crippen molar-refractivity contribution in [2.45, 2.75) is 39.2 Å². The molecule has 2 aromatic rings. The molecule has 0 saturated heterocycles. The van der Waals surface area contributed by atoms with Crippen LogP contribution >= 0.6 is 0 Å². The van der Waals surface area contributed by atoms with Gasteiger partial charge in [0.15, 0.2) is 0 Å². The fourth-order valence-electron chi connectivity index (χ4n) is 2.71. The van der Waals surface area contributed by atoms with E-state index in [4.69, 9.17) is 0 Å². The van der Waals surface area contributed by atoms with Crippen LogP contribution in [0.2, 0.25) is 0 Å². The molecule has 0 aromatic heterocycles. The second-order valence-corrected chi connectivity index (χ2v) is 7.67. The first kappa shape index (κ1) is 20.6. The Morgan fingerprint density at radius 2 is 1.89 bits per heavy atom. The van der Waals surface area contributed by atoms with Crippen molar-refractivity contribution in [3.05, 3.63) is 64.7 Å². The Hall–Kier alpha value is -2.66. The minimum Gasteiger partial charge on any atom is -0.508 e. The standard InChI is InChI=1S/C22H28N2O3/c1-22(2,3)19-11-17(12-20(26)13-19)14-23-8-5-9-24-21(27)18-7-4-6-16(10-18)15-25/h4,6-7,10-13,15,23,26H,5,8-9,14H2,1-3H3,(H,24,27). The van der Waals surface area contributed by atoms with Gasteiger partial charge in [0.1, 0.15) is 12.0 Å². The van der Waals surface area contributed by atoms with Gasteiger partial charge >= 0.3 is 0 Å². The molecule has 2 rings (SSSR count). The van der Waals surface area contributed by atoms with Crippen LogP contribution in [0.3, 0.4) is 0 Å². The van der Waals surface area contributed by atoms with E-state index in [9.17, 15) is 14.7 Å². The molecule has 0 heterocycles. The van der Waals surface area contributed by atoms with Gasteiger partial charge in [0, 0.05) is 24.2 Å². The SMILES string of the molecule is CC(C)(C)c1cc(O)cc(CNCCCNC(=O)c2cccc(C=O)c2)c1. The number of carbonyl (C=O) groups is 2. The summed E-state index contributed by atoms with van der Waals surface area (Å²) < 4.78 is 0. The van der Waals surface area contributed by atoms with Crippen molar-refractivity contribution >= 4 is 12.2 Å². The Bertz CT molecular complexity index is 794. The lowest BCUT2D eigenvalue weighted by molar-refractivity contribution is 0.0953. The van der Waals surface area contributed by atoms with E-state index in [0.29, 0.717) is 24.2 Å². The van der Waals surface area contributed by atoms with Crippen LogP contribution in [0.15, 0.2) is 42.5 Å². The summed E-state index contributed by atoms with van der Waals surface area (Å²) in [6.07, 6.45) is 1.51. The molecule has 0 aliphatic rings. The minimum atomic E-state index is -0.179. The van der Waals surface area contributed by atoms with Crippen molar-refractivity contribution < 1.29 is 14.7 Å². The van der Waals surface area contributed by atoms with E-state index < -0.39 is 0 Å². The molecule has 0 aliphatic heterocycles. The van der Waals surface area contributed by atoms with Crippen molar-refractivity contribution in [2.24, 2.45) is 0 Å². The van der Waals surface area contributed by atoms with Crippen LogP contribution in [0.4, 0.5) is 0 Å². The van der Waals surface area contributed by atoms with Crippen molar-refractivity contribution in [2.75, 3.05) is 13.1 Å². The molecule has 0 radical (unpaired) electrons. The highest BCUT2D eigenvalue weighted by Gasteiger charge is 2.15. The van der Waals surface area contributed by atoms with E-state index in [1.165, 1.54) is 0 Å². The Morgan fingerprint density at radius 3 is 2.59 bits per heavy atom. The van der Waals surface area contributed by atoms with Crippen molar-refractivity contribution in [1.82, 2.24) is 10.6 Å². The number of hydrogen-bond acceptors (Lipinski definition) is 4. The largest absolute Gasteiger partial charge is 0.508 e. The number of phenolic OH excluding ortho intramolecular Hbond substituents is 1. The zero-order chi connectivity index (χ0) is 19.9. The second-order valence-electron chi connectivity index (χ2n) is 7.67. The number of phenols is 1. The van der Waals surface area contributed by atoms with Gasteiger partial charge in [-0.1, -0.05) is 39.0 Å². The maximum Gasteiger partial charge on any atom is 0.251 e. The van der Waals surface area contributed by atoms with Crippen LogP contribution in [-0.4, -0.2) is 30.4 Å². The Morgan fingerprint density at radius 1 is 1.11 bits per heavy atom. The van der Waals surface area contributed by atoms with Crippen LogP contribution in [0.5, 0.6) is 5.75 Å². The van der Waals surface area contributed by atoms with Gasteiger partial charge in [-0.05, 0) is 53.8 Å². The molecule has 0 atom stereocenters. The third kappa shape index (κ3) is 6.53. The molecular weight excluding hydrogens is 340 g/mol. The Kier molecular flexibility index (Phi) is 7.13. The van der Waals surface area contributed by atoms with Crippen molar-refractivity contribution in [1.29, 1.82) is 0 Å². The molecule has 1 amide bonds. The molecule has 0 saturated carbocycles. The van der Waals surface area contributed by atoms with Gasteiger partial charge in [-0.2, -0.15) is 0 Å². The quantitative estimate of drug-likeness (QED) is 0.493. The lowest BCUT2D eigenvalue weighted by atomic mass is 9.86. The number of amides is 1. The Balaban J connectivity index is 1.74. The summed E-state index contributed by atoms with van der Waals surface area (Å²) in [4.78, 5) is 22.8. The molecule has 0 aliphatic carbocycles. The maximum atomic E-state index is 12.1. The molecule has 0 fully saturated rings. The predicted octanol–water partition coefficient (Wildman–Crippen LogP) is 3.41. The molecule has 2 aromatic carbocycles. The van der Waals surface area contributed by atoms with Crippen molar-refractivity contribution in [3.8, 4) is 5.75 Å². The summed E-state index contributed by atoms with van der Waals surface area (Å²) in [6.45, 7) is 8.30. The van der Waals surface area contributed by atoms with E-state index in [2.05, 4.69) is 37.5 Å². The van der Waals surface area contributed by atoms with Gasteiger partial charge in [0.05, 0.1) is 0 Å². The van der Waals surface area contributed by atoms with Crippen LogP contribution in [-0.2, 0) is 12.0 Å². The topological polar surface area (TPSA) is 78.4 Å². The zero-order valence-electron chi connectivity index (χ0n) is 16.2. The number of nitrogens with one attached hydrogen (secondary N) is 2. The van der Waals surface area contributed by atoms with Gasteiger partial charge in [-0.15, -0.1) is 0 Å². The predicted molar refractivity (Wildman–Crippen MR) is 107 cm³/mol. The zero-order valence-corrected chi connectivity index (χ0v) is 16.2. The normalized spacial score (nSPS) is 11.2. The molecule has 5 heteroatoms. The van der Waals surface area contributed by atoms with E-state index in [-0.39, 0.29) is 17.1 Å². The maximum absolute atomic E-state index is 12.1. The molecule has 0 spiro atoms. The molecule has 0 bridgehead atoms. The first-order valence-electron chi connectivity index (χ1n) is 9.17. The van der Waals surface area contributed by atoms with E-state index >= 15 is 0 Å². The van der Waals surface area contributed by atoms with Gasteiger partial charge in [0.2, 0.25) is 0 Å². The molecule has 27 heavy (non-hydrogen) atoms. The van der Waals surface area contributed by atoms with Gasteiger partial charge in [-0.25, -0.2) is 0 Å². The molecule has 0 unspecified atom stereocenters. The fraction of sp³-hybridized carbons (Fsp3) is 0.364. The number of hydrogen-bond donors (Lipinski definition) is 3. The number of rotatable bonds is 8. The van der Waals surface area contributed by atoms with E-state index in [1.54, 1.807) is 36.4 Å².